The number of rotatable bonds is 6. The molecule has 2 amide bonds. The molecule has 0 aliphatic carbocycles. The molecule has 1 aromatic rings. The zero-order valence-electron chi connectivity index (χ0n) is 12.6. The van der Waals surface area contributed by atoms with Gasteiger partial charge in [-0.1, -0.05) is 27.7 Å². The van der Waals surface area contributed by atoms with Crippen LogP contribution in [0.1, 0.15) is 40.5 Å². The number of aromatic nitrogens is 1. The van der Waals surface area contributed by atoms with Crippen molar-refractivity contribution >= 4 is 23.5 Å². The summed E-state index contributed by atoms with van der Waals surface area (Å²) < 4.78 is 0. The second kappa shape index (κ2) is 7.62. The molecule has 0 unspecified atom stereocenters. The maximum atomic E-state index is 11.7. The molecule has 0 atom stereocenters. The van der Waals surface area contributed by atoms with Crippen molar-refractivity contribution < 1.29 is 14.6 Å². The molecule has 5 heteroatoms. The molecule has 0 aliphatic rings. The minimum absolute atomic E-state index is 0.0399. The van der Waals surface area contributed by atoms with E-state index in [4.69, 9.17) is 0 Å². The van der Waals surface area contributed by atoms with Crippen LogP contribution >= 0.6 is 0 Å². The first kappa shape index (κ1) is 16.1. The lowest BCUT2D eigenvalue weighted by atomic mass is 10.1. The first-order valence-corrected chi connectivity index (χ1v) is 6.99. The predicted octanol–water partition coefficient (Wildman–Crippen LogP) is 2.47. The number of carbonyl (C=O) groups is 2. The maximum absolute atomic E-state index is 11.7. The molecule has 5 nitrogen and oxygen atoms in total. The molecule has 1 rings (SSSR count). The minimum Gasteiger partial charge on any atom is -0.256 e. The van der Waals surface area contributed by atoms with Gasteiger partial charge in [-0.2, -0.15) is 0 Å². The van der Waals surface area contributed by atoms with E-state index in [1.165, 1.54) is 0 Å². The van der Waals surface area contributed by atoms with Crippen molar-refractivity contribution in [3.05, 3.63) is 18.2 Å². The van der Waals surface area contributed by atoms with Crippen molar-refractivity contribution in [3.63, 3.8) is 0 Å². The predicted molar refractivity (Wildman–Crippen MR) is 79.2 cm³/mol. The third-order valence-electron chi connectivity index (χ3n) is 2.53. The highest BCUT2D eigenvalue weighted by molar-refractivity contribution is 5.90. The van der Waals surface area contributed by atoms with Gasteiger partial charge in [-0.25, -0.2) is 15.6 Å². The van der Waals surface area contributed by atoms with Crippen LogP contribution in [-0.2, 0) is 9.59 Å². The summed E-state index contributed by atoms with van der Waals surface area (Å²) in [4.78, 5) is 26.4. The summed E-state index contributed by atoms with van der Waals surface area (Å²) >= 11 is 0. The molecule has 0 aliphatic heterocycles. The fourth-order valence-electron chi connectivity index (χ4n) is 1.76. The Kier molecular flexibility index (Phi) is 6.15. The number of hydrogen-bond donors (Lipinski definition) is 2. The van der Waals surface area contributed by atoms with Crippen molar-refractivity contribution in [1.29, 1.82) is 0 Å². The van der Waals surface area contributed by atoms with Crippen LogP contribution in [0.4, 0.5) is 11.6 Å². The summed E-state index contributed by atoms with van der Waals surface area (Å²) in [6.45, 7) is 7.97. The Morgan fingerprint density at radius 2 is 1.35 bits per heavy atom. The number of carbonyl (C=O) groups excluding carboxylic acids is 2. The number of anilines is 2. The van der Waals surface area contributed by atoms with Crippen LogP contribution < -0.4 is 15.6 Å². The van der Waals surface area contributed by atoms with Gasteiger partial charge in [-0.3, -0.25) is 9.59 Å². The highest BCUT2D eigenvalue weighted by atomic mass is 16.2. The van der Waals surface area contributed by atoms with Crippen molar-refractivity contribution in [3.8, 4) is 0 Å². The van der Waals surface area contributed by atoms with Gasteiger partial charge in [0.25, 0.3) is 11.8 Å². The highest BCUT2D eigenvalue weighted by Gasteiger charge is 2.13. The van der Waals surface area contributed by atoms with Gasteiger partial charge in [0.05, 0.1) is 0 Å². The summed E-state index contributed by atoms with van der Waals surface area (Å²) in [5, 5.41) is 5.56. The van der Waals surface area contributed by atoms with Gasteiger partial charge < -0.3 is 0 Å². The molecule has 1 heterocycles. The van der Waals surface area contributed by atoms with Gasteiger partial charge in [0.1, 0.15) is 0 Å². The van der Waals surface area contributed by atoms with Gasteiger partial charge in [0, 0.05) is 25.0 Å². The summed E-state index contributed by atoms with van der Waals surface area (Å²) in [5.74, 6) is 1.70. The van der Waals surface area contributed by atoms with E-state index in [-0.39, 0.29) is 11.8 Å². The van der Waals surface area contributed by atoms with E-state index in [9.17, 15) is 9.59 Å². The minimum atomic E-state index is -0.0399. The average molecular weight is 278 g/mol. The highest BCUT2D eigenvalue weighted by Crippen LogP contribution is 2.07. The molecule has 0 bridgehead atoms. The fourth-order valence-corrected chi connectivity index (χ4v) is 1.76. The van der Waals surface area contributed by atoms with Crippen molar-refractivity contribution in [2.75, 3.05) is 10.6 Å². The standard InChI is InChI=1S/C15H23N3O2/c1-10(2)8-14(19)17-12-6-5-7-13(16-12)18-15(20)9-11(3)4/h5-7,10-11H,8-9H2,1-4H3,(H2,16,17,18,19,20)/p+1. The zero-order valence-corrected chi connectivity index (χ0v) is 12.6. The van der Waals surface area contributed by atoms with Crippen LogP contribution in [-0.4, -0.2) is 11.8 Å². The quantitative estimate of drug-likeness (QED) is 0.839. The molecule has 20 heavy (non-hydrogen) atoms. The molecule has 0 fully saturated rings. The third kappa shape index (κ3) is 6.31. The molecule has 3 N–H and O–H groups in total. The summed E-state index contributed by atoms with van der Waals surface area (Å²) in [7, 11) is 0. The van der Waals surface area contributed by atoms with E-state index in [0.29, 0.717) is 36.3 Å². The SMILES string of the molecule is CC(C)CC(=O)Nc1cccc(NC(=O)CC(C)C)[nH+]1. The van der Waals surface area contributed by atoms with Gasteiger partial charge in [-0.05, 0) is 17.9 Å². The van der Waals surface area contributed by atoms with Crippen LogP contribution in [0.15, 0.2) is 18.2 Å². The molecule has 0 saturated heterocycles. The zero-order chi connectivity index (χ0) is 15.1. The van der Waals surface area contributed by atoms with E-state index in [1.807, 2.05) is 27.7 Å². The van der Waals surface area contributed by atoms with E-state index in [1.54, 1.807) is 18.2 Å². The lowest BCUT2D eigenvalue weighted by Crippen LogP contribution is -2.25. The topological polar surface area (TPSA) is 72.3 Å². The third-order valence-corrected chi connectivity index (χ3v) is 2.53. The first-order chi connectivity index (χ1) is 9.36. The van der Waals surface area contributed by atoms with Crippen LogP contribution in [0.3, 0.4) is 0 Å². The van der Waals surface area contributed by atoms with Crippen molar-refractivity contribution in [2.45, 2.75) is 40.5 Å². The van der Waals surface area contributed by atoms with Gasteiger partial charge in [0.2, 0.25) is 11.6 Å². The van der Waals surface area contributed by atoms with E-state index in [0.717, 1.165) is 0 Å². The maximum Gasteiger partial charge on any atom is 0.280 e. The van der Waals surface area contributed by atoms with Gasteiger partial charge in [-0.15, -0.1) is 0 Å². The largest absolute Gasteiger partial charge is 0.280 e. The Morgan fingerprint density at radius 1 is 0.950 bits per heavy atom. The number of H-pyrrole nitrogens is 1. The monoisotopic (exact) mass is 278 g/mol. The van der Waals surface area contributed by atoms with Crippen LogP contribution in [0, 0.1) is 11.8 Å². The van der Waals surface area contributed by atoms with E-state index < -0.39 is 0 Å². The summed E-state index contributed by atoms with van der Waals surface area (Å²) in [6, 6.07) is 5.30. The van der Waals surface area contributed by atoms with Crippen LogP contribution in [0.5, 0.6) is 0 Å². The first-order valence-electron chi connectivity index (χ1n) is 6.99. The summed E-state index contributed by atoms with van der Waals surface area (Å²) in [6.07, 6.45) is 0.940. The van der Waals surface area contributed by atoms with E-state index >= 15 is 0 Å². The second-order valence-electron chi connectivity index (χ2n) is 5.77. The Bertz CT molecular complexity index is 431. The molecule has 1 aromatic heterocycles. The second-order valence-corrected chi connectivity index (χ2v) is 5.77. The van der Waals surface area contributed by atoms with Crippen LogP contribution in [0.2, 0.25) is 0 Å². The van der Waals surface area contributed by atoms with Gasteiger partial charge >= 0.3 is 0 Å². The number of hydrogen-bond acceptors (Lipinski definition) is 2. The summed E-state index contributed by atoms with van der Waals surface area (Å²) in [5.41, 5.74) is 0. The fraction of sp³-hybridized carbons (Fsp3) is 0.533. The Labute approximate surface area is 120 Å². The Morgan fingerprint density at radius 3 is 1.70 bits per heavy atom. The van der Waals surface area contributed by atoms with E-state index in [2.05, 4.69) is 15.6 Å². The molecular formula is C15H24N3O2+. The van der Waals surface area contributed by atoms with Gasteiger partial charge in [0.15, 0.2) is 0 Å². The molecule has 0 spiro atoms. The Hall–Kier alpha value is -1.91. The molecule has 110 valence electrons. The number of pyridine rings is 1. The number of aromatic amines is 1. The van der Waals surface area contributed by atoms with Crippen LogP contribution in [0.25, 0.3) is 0 Å². The molecular weight excluding hydrogens is 254 g/mol. The lowest BCUT2D eigenvalue weighted by molar-refractivity contribution is -0.343. The smallest absolute Gasteiger partial charge is 0.256 e. The number of nitrogens with one attached hydrogen (secondary N) is 3. The Balaban J connectivity index is 2.61. The normalized spacial score (nSPS) is 10.7. The average Bonchev–Trinajstić information content (AvgIpc) is 2.26. The van der Waals surface area contributed by atoms with Crippen molar-refractivity contribution in [1.82, 2.24) is 0 Å². The molecule has 0 aromatic carbocycles. The molecule has 0 radical (unpaired) electrons. The lowest BCUT2D eigenvalue weighted by Gasteiger charge is -2.05. The van der Waals surface area contributed by atoms with Crippen molar-refractivity contribution in [2.24, 2.45) is 11.8 Å². The number of amides is 2. The molecule has 0 saturated carbocycles.